The van der Waals surface area contributed by atoms with E-state index >= 15 is 0 Å². The number of anilines is 2. The molecule has 162 valence electrons. The fourth-order valence-electron chi connectivity index (χ4n) is 6.24. The minimum absolute atomic E-state index is 0.345. The van der Waals surface area contributed by atoms with Gasteiger partial charge in [0.05, 0.1) is 23.2 Å². The standard InChI is InChI=1S/C30H27N3/c1-20-16-30-26(25-13-7-9-15-28(25)33(30)23-11-4-3-5-12-23)18-29(20)32-21(2)31-19-24(32)17-22-10-6-8-14-27(22)31/h3-16,18,21,24H,17,19H2,1-2H3/t21-,24?/m0/s1. The predicted octanol–water partition coefficient (Wildman–Crippen LogP) is 6.69. The maximum absolute atomic E-state index is 2.67. The Labute approximate surface area is 194 Å². The Morgan fingerprint density at radius 2 is 1.48 bits per heavy atom. The molecule has 4 aromatic carbocycles. The van der Waals surface area contributed by atoms with Crippen molar-refractivity contribution in [3.05, 3.63) is 102 Å². The van der Waals surface area contributed by atoms with Gasteiger partial charge in [-0.2, -0.15) is 0 Å². The van der Waals surface area contributed by atoms with Gasteiger partial charge in [-0.3, -0.25) is 0 Å². The van der Waals surface area contributed by atoms with Gasteiger partial charge < -0.3 is 14.4 Å². The maximum Gasteiger partial charge on any atom is 0.0991 e. The summed E-state index contributed by atoms with van der Waals surface area (Å²) in [5.74, 6) is 0. The van der Waals surface area contributed by atoms with Crippen LogP contribution >= 0.6 is 0 Å². The minimum atomic E-state index is 0.345. The van der Waals surface area contributed by atoms with E-state index in [-0.39, 0.29) is 0 Å². The summed E-state index contributed by atoms with van der Waals surface area (Å²) < 4.78 is 2.41. The van der Waals surface area contributed by atoms with Gasteiger partial charge >= 0.3 is 0 Å². The molecule has 0 N–H and O–H groups in total. The lowest BCUT2D eigenvalue weighted by Crippen LogP contribution is -2.38. The summed E-state index contributed by atoms with van der Waals surface area (Å²) in [5, 5.41) is 2.65. The van der Waals surface area contributed by atoms with Crippen LogP contribution in [0.5, 0.6) is 0 Å². The average molecular weight is 430 g/mol. The van der Waals surface area contributed by atoms with Crippen LogP contribution in [0.15, 0.2) is 91.0 Å². The molecule has 2 bridgehead atoms. The van der Waals surface area contributed by atoms with E-state index in [0.29, 0.717) is 12.2 Å². The van der Waals surface area contributed by atoms with E-state index in [1.165, 1.54) is 50.0 Å². The third kappa shape index (κ3) is 2.62. The van der Waals surface area contributed by atoms with Crippen LogP contribution in [0.1, 0.15) is 18.1 Å². The summed E-state index contributed by atoms with van der Waals surface area (Å²) in [6.07, 6.45) is 1.46. The summed E-state index contributed by atoms with van der Waals surface area (Å²) >= 11 is 0. The molecule has 1 aromatic heterocycles. The molecule has 0 spiro atoms. The number of aryl methyl sites for hydroxylation is 1. The van der Waals surface area contributed by atoms with Gasteiger partial charge in [0.1, 0.15) is 0 Å². The highest BCUT2D eigenvalue weighted by molar-refractivity contribution is 6.10. The molecule has 1 unspecified atom stereocenters. The highest BCUT2D eigenvalue weighted by Gasteiger charge is 2.42. The highest BCUT2D eigenvalue weighted by atomic mass is 15.4. The second-order valence-corrected chi connectivity index (χ2v) is 9.52. The molecule has 2 aliphatic rings. The molecule has 2 aliphatic heterocycles. The third-order valence-corrected chi connectivity index (χ3v) is 7.69. The van der Waals surface area contributed by atoms with Crippen LogP contribution in [0.25, 0.3) is 27.5 Å². The van der Waals surface area contributed by atoms with E-state index in [4.69, 9.17) is 0 Å². The summed E-state index contributed by atoms with van der Waals surface area (Å²) in [6.45, 7) is 5.74. The molecule has 33 heavy (non-hydrogen) atoms. The Hall–Kier alpha value is -3.72. The molecule has 0 aliphatic carbocycles. The summed E-state index contributed by atoms with van der Waals surface area (Å²) in [5.41, 5.74) is 9.34. The Morgan fingerprint density at radius 1 is 0.727 bits per heavy atom. The zero-order valence-electron chi connectivity index (χ0n) is 19.1. The first-order valence-corrected chi connectivity index (χ1v) is 11.9. The van der Waals surface area contributed by atoms with Gasteiger partial charge in [0.15, 0.2) is 0 Å². The van der Waals surface area contributed by atoms with Crippen molar-refractivity contribution >= 4 is 33.2 Å². The number of para-hydroxylation sites is 3. The maximum atomic E-state index is 2.67. The number of aromatic nitrogens is 1. The van der Waals surface area contributed by atoms with Crippen molar-refractivity contribution in [1.82, 2.24) is 4.57 Å². The topological polar surface area (TPSA) is 11.4 Å². The Kier molecular flexibility index (Phi) is 3.93. The first-order valence-electron chi connectivity index (χ1n) is 11.9. The molecule has 0 saturated carbocycles. The normalized spacial score (nSPS) is 19.5. The molecule has 3 heteroatoms. The molecule has 7 rings (SSSR count). The molecule has 1 saturated heterocycles. The summed E-state index contributed by atoms with van der Waals surface area (Å²) in [7, 11) is 0. The van der Waals surface area contributed by atoms with Crippen LogP contribution in [0, 0.1) is 6.92 Å². The largest absolute Gasteiger partial charge is 0.349 e. The highest BCUT2D eigenvalue weighted by Crippen LogP contribution is 2.43. The first-order chi connectivity index (χ1) is 16.2. The number of rotatable bonds is 2. The number of hydrogen-bond acceptors (Lipinski definition) is 2. The molecular weight excluding hydrogens is 402 g/mol. The molecular formula is C30H27N3. The van der Waals surface area contributed by atoms with E-state index in [1.54, 1.807) is 0 Å². The van der Waals surface area contributed by atoms with Crippen LogP contribution in [-0.4, -0.2) is 23.3 Å². The van der Waals surface area contributed by atoms with Crippen molar-refractivity contribution in [2.75, 3.05) is 16.3 Å². The lowest BCUT2D eigenvalue weighted by molar-refractivity contribution is 0.664. The Bertz CT molecular complexity index is 1510. The van der Waals surface area contributed by atoms with E-state index < -0.39 is 0 Å². The van der Waals surface area contributed by atoms with E-state index in [2.05, 4.69) is 119 Å². The number of hydrogen-bond donors (Lipinski definition) is 0. The van der Waals surface area contributed by atoms with Crippen molar-refractivity contribution < 1.29 is 0 Å². The SMILES string of the molecule is Cc1cc2c(cc1N1C3Cc4ccccc4N(C3)[C@@H]1C)c1ccccc1n2-c1ccccc1. The number of fused-ring (bicyclic) bond motifs is 7. The monoisotopic (exact) mass is 429 g/mol. The van der Waals surface area contributed by atoms with Crippen molar-refractivity contribution in [3.63, 3.8) is 0 Å². The van der Waals surface area contributed by atoms with Crippen molar-refractivity contribution in [2.24, 2.45) is 0 Å². The molecule has 0 radical (unpaired) electrons. The smallest absolute Gasteiger partial charge is 0.0991 e. The first kappa shape index (κ1) is 18.8. The molecule has 3 heterocycles. The Morgan fingerprint density at radius 3 is 2.36 bits per heavy atom. The van der Waals surface area contributed by atoms with Gasteiger partial charge in [-0.15, -0.1) is 0 Å². The fourth-order valence-corrected chi connectivity index (χ4v) is 6.24. The van der Waals surface area contributed by atoms with Crippen molar-refractivity contribution in [1.29, 1.82) is 0 Å². The zero-order chi connectivity index (χ0) is 22.1. The van der Waals surface area contributed by atoms with E-state index in [1.807, 2.05) is 0 Å². The summed E-state index contributed by atoms with van der Waals surface area (Å²) in [4.78, 5) is 5.25. The number of benzene rings is 4. The molecule has 1 fully saturated rings. The average Bonchev–Trinajstić information content (AvgIpc) is 3.30. The van der Waals surface area contributed by atoms with Gasteiger partial charge in [-0.05, 0) is 67.8 Å². The lowest BCUT2D eigenvalue weighted by atomic mass is 9.99. The van der Waals surface area contributed by atoms with Gasteiger partial charge in [0.25, 0.3) is 0 Å². The quantitative estimate of drug-likeness (QED) is 0.310. The van der Waals surface area contributed by atoms with Crippen LogP contribution in [0.4, 0.5) is 11.4 Å². The third-order valence-electron chi connectivity index (χ3n) is 7.69. The minimum Gasteiger partial charge on any atom is -0.349 e. The molecule has 0 amide bonds. The van der Waals surface area contributed by atoms with Gasteiger partial charge in [0, 0.05) is 34.4 Å². The van der Waals surface area contributed by atoms with E-state index in [0.717, 1.165) is 13.0 Å². The van der Waals surface area contributed by atoms with Crippen LogP contribution in [0.3, 0.4) is 0 Å². The zero-order valence-corrected chi connectivity index (χ0v) is 19.1. The Balaban J connectivity index is 1.44. The second kappa shape index (κ2) is 6.89. The van der Waals surface area contributed by atoms with Gasteiger partial charge in [-0.1, -0.05) is 54.6 Å². The second-order valence-electron chi connectivity index (χ2n) is 9.52. The predicted molar refractivity (Wildman–Crippen MR) is 139 cm³/mol. The molecule has 2 atom stereocenters. The van der Waals surface area contributed by atoms with Crippen molar-refractivity contribution in [2.45, 2.75) is 32.5 Å². The van der Waals surface area contributed by atoms with Crippen molar-refractivity contribution in [3.8, 4) is 5.69 Å². The number of nitrogens with zero attached hydrogens (tertiary/aromatic N) is 3. The summed E-state index contributed by atoms with van der Waals surface area (Å²) in [6, 6.07) is 33.8. The molecule has 5 aromatic rings. The van der Waals surface area contributed by atoms with Crippen LogP contribution < -0.4 is 9.80 Å². The van der Waals surface area contributed by atoms with Crippen LogP contribution in [0.2, 0.25) is 0 Å². The fraction of sp³-hybridized carbons (Fsp3) is 0.200. The molecule has 3 nitrogen and oxygen atoms in total. The van der Waals surface area contributed by atoms with Gasteiger partial charge in [-0.25, -0.2) is 0 Å². The van der Waals surface area contributed by atoms with Gasteiger partial charge in [0.2, 0.25) is 0 Å². The van der Waals surface area contributed by atoms with Crippen LogP contribution in [-0.2, 0) is 6.42 Å². The lowest BCUT2D eigenvalue weighted by Gasteiger charge is -2.31. The van der Waals surface area contributed by atoms with E-state index in [9.17, 15) is 0 Å².